The summed E-state index contributed by atoms with van der Waals surface area (Å²) in [5, 5.41) is 0. The standard InChI is InChI=1S/C17H21NO4/c1-17(2,3)22-16(20)18-8-6-14-10-13(7-9-21-12-19)4-5-15(14)11-18/h4-5,7,9-10,12H,6,8,11H2,1-3H3/b9-7+. The number of amides is 1. The molecule has 1 amide bonds. The lowest BCUT2D eigenvalue weighted by atomic mass is 9.97. The number of ether oxygens (including phenoxy) is 2. The van der Waals surface area contributed by atoms with E-state index in [0.29, 0.717) is 19.6 Å². The second kappa shape index (κ2) is 6.64. The van der Waals surface area contributed by atoms with Crippen LogP contribution in [0.4, 0.5) is 4.79 Å². The molecule has 0 aliphatic carbocycles. The lowest BCUT2D eigenvalue weighted by Crippen LogP contribution is -2.39. The molecule has 5 nitrogen and oxygen atoms in total. The largest absolute Gasteiger partial charge is 0.444 e. The fourth-order valence-electron chi connectivity index (χ4n) is 2.31. The molecule has 22 heavy (non-hydrogen) atoms. The van der Waals surface area contributed by atoms with Crippen LogP contribution in [0, 0.1) is 0 Å². The van der Waals surface area contributed by atoms with Crippen LogP contribution in [-0.2, 0) is 27.2 Å². The summed E-state index contributed by atoms with van der Waals surface area (Å²) in [5.41, 5.74) is 2.80. The van der Waals surface area contributed by atoms with Crippen molar-refractivity contribution in [3.8, 4) is 0 Å². The van der Waals surface area contributed by atoms with Gasteiger partial charge in [0.15, 0.2) is 0 Å². The fraction of sp³-hybridized carbons (Fsp3) is 0.412. The Bertz CT molecular complexity index is 587. The van der Waals surface area contributed by atoms with Crippen molar-refractivity contribution < 1.29 is 19.1 Å². The summed E-state index contributed by atoms with van der Waals surface area (Å²) in [7, 11) is 0. The normalized spacial score (nSPS) is 14.6. The van der Waals surface area contributed by atoms with E-state index in [1.165, 1.54) is 11.8 Å². The number of hydrogen-bond acceptors (Lipinski definition) is 4. The van der Waals surface area contributed by atoms with Crippen LogP contribution in [0.3, 0.4) is 0 Å². The Morgan fingerprint density at radius 3 is 2.73 bits per heavy atom. The van der Waals surface area contributed by atoms with E-state index in [-0.39, 0.29) is 6.09 Å². The summed E-state index contributed by atoms with van der Waals surface area (Å²) in [6.07, 6.45) is 3.59. The highest BCUT2D eigenvalue weighted by Crippen LogP contribution is 2.22. The first kappa shape index (κ1) is 16.1. The lowest BCUT2D eigenvalue weighted by Gasteiger charge is -2.31. The van der Waals surface area contributed by atoms with Gasteiger partial charge in [-0.25, -0.2) is 4.79 Å². The van der Waals surface area contributed by atoms with E-state index in [4.69, 9.17) is 4.74 Å². The smallest absolute Gasteiger partial charge is 0.410 e. The maximum atomic E-state index is 12.1. The topological polar surface area (TPSA) is 55.8 Å². The second-order valence-corrected chi connectivity index (χ2v) is 6.22. The molecule has 5 heteroatoms. The number of nitrogens with zero attached hydrogens (tertiary/aromatic N) is 1. The molecule has 0 saturated heterocycles. The molecule has 1 aromatic carbocycles. The van der Waals surface area contributed by atoms with Crippen LogP contribution in [0.2, 0.25) is 0 Å². The van der Waals surface area contributed by atoms with E-state index in [2.05, 4.69) is 4.74 Å². The van der Waals surface area contributed by atoms with E-state index in [0.717, 1.165) is 17.5 Å². The summed E-state index contributed by atoms with van der Waals surface area (Å²) in [6.45, 7) is 7.17. The third kappa shape index (κ3) is 4.35. The number of carbonyl (C=O) groups is 2. The van der Waals surface area contributed by atoms with Crippen molar-refractivity contribution >= 4 is 18.6 Å². The van der Waals surface area contributed by atoms with Gasteiger partial charge in [-0.1, -0.05) is 18.2 Å². The van der Waals surface area contributed by atoms with Gasteiger partial charge < -0.3 is 14.4 Å². The van der Waals surface area contributed by atoms with Crippen molar-refractivity contribution in [1.82, 2.24) is 4.90 Å². The monoisotopic (exact) mass is 303 g/mol. The van der Waals surface area contributed by atoms with Crippen LogP contribution in [0.5, 0.6) is 0 Å². The Balaban J connectivity index is 2.05. The second-order valence-electron chi connectivity index (χ2n) is 6.22. The molecule has 118 valence electrons. The molecule has 0 N–H and O–H groups in total. The van der Waals surface area contributed by atoms with Crippen molar-refractivity contribution in [2.24, 2.45) is 0 Å². The average Bonchev–Trinajstić information content (AvgIpc) is 2.45. The third-order valence-electron chi connectivity index (χ3n) is 3.29. The number of hydrogen-bond donors (Lipinski definition) is 0. The summed E-state index contributed by atoms with van der Waals surface area (Å²) < 4.78 is 9.95. The van der Waals surface area contributed by atoms with E-state index >= 15 is 0 Å². The molecule has 0 bridgehead atoms. The Hall–Kier alpha value is -2.30. The van der Waals surface area contributed by atoms with Crippen molar-refractivity contribution in [2.45, 2.75) is 39.3 Å². The van der Waals surface area contributed by atoms with E-state index in [1.54, 1.807) is 11.0 Å². The highest BCUT2D eigenvalue weighted by atomic mass is 16.6. The number of fused-ring (bicyclic) bond motifs is 1. The summed E-state index contributed by atoms with van der Waals surface area (Å²) in [4.78, 5) is 23.9. The minimum atomic E-state index is -0.482. The minimum absolute atomic E-state index is 0.276. The predicted molar refractivity (Wildman–Crippen MR) is 83.0 cm³/mol. The summed E-state index contributed by atoms with van der Waals surface area (Å²) in [6, 6.07) is 5.97. The summed E-state index contributed by atoms with van der Waals surface area (Å²) >= 11 is 0. The van der Waals surface area contributed by atoms with Gasteiger partial charge >= 0.3 is 6.09 Å². The van der Waals surface area contributed by atoms with Crippen molar-refractivity contribution in [1.29, 1.82) is 0 Å². The Kier molecular flexibility index (Phi) is 4.85. The van der Waals surface area contributed by atoms with Crippen LogP contribution < -0.4 is 0 Å². The fourth-order valence-corrected chi connectivity index (χ4v) is 2.31. The van der Waals surface area contributed by atoms with Gasteiger partial charge in [-0.3, -0.25) is 4.79 Å². The molecular weight excluding hydrogens is 282 g/mol. The predicted octanol–water partition coefficient (Wildman–Crippen LogP) is 3.12. The van der Waals surface area contributed by atoms with Crippen LogP contribution in [0.25, 0.3) is 6.08 Å². The molecule has 0 fully saturated rings. The quantitative estimate of drug-likeness (QED) is 0.636. The molecular formula is C17H21NO4. The molecule has 0 atom stereocenters. The summed E-state index contributed by atoms with van der Waals surface area (Å²) in [5.74, 6) is 0. The Morgan fingerprint density at radius 2 is 2.05 bits per heavy atom. The SMILES string of the molecule is CC(C)(C)OC(=O)N1CCc2cc(/C=C/OC=O)ccc2C1. The number of rotatable bonds is 3. The van der Waals surface area contributed by atoms with E-state index < -0.39 is 5.60 Å². The number of carbonyl (C=O) groups excluding carboxylic acids is 2. The zero-order chi connectivity index (χ0) is 16.2. The molecule has 0 unspecified atom stereocenters. The zero-order valence-corrected chi connectivity index (χ0v) is 13.2. The lowest BCUT2D eigenvalue weighted by molar-refractivity contribution is -0.123. The molecule has 0 aromatic heterocycles. The van der Waals surface area contributed by atoms with Crippen molar-refractivity contribution in [3.63, 3.8) is 0 Å². The average molecular weight is 303 g/mol. The van der Waals surface area contributed by atoms with Crippen LogP contribution in [0.1, 0.15) is 37.5 Å². The van der Waals surface area contributed by atoms with Crippen molar-refractivity contribution in [3.05, 3.63) is 41.2 Å². The van der Waals surface area contributed by atoms with Gasteiger partial charge in [0.1, 0.15) is 5.60 Å². The Labute approximate surface area is 130 Å². The first-order chi connectivity index (χ1) is 10.4. The highest BCUT2D eigenvalue weighted by molar-refractivity contribution is 5.69. The van der Waals surface area contributed by atoms with Gasteiger partial charge in [0.2, 0.25) is 0 Å². The van der Waals surface area contributed by atoms with Crippen LogP contribution >= 0.6 is 0 Å². The molecule has 0 spiro atoms. The molecule has 2 rings (SSSR count). The molecule has 0 saturated carbocycles. The van der Waals surface area contributed by atoms with E-state index in [9.17, 15) is 9.59 Å². The van der Waals surface area contributed by atoms with Crippen LogP contribution in [-0.4, -0.2) is 29.6 Å². The van der Waals surface area contributed by atoms with Crippen LogP contribution in [0.15, 0.2) is 24.5 Å². The molecule has 1 aliphatic rings. The zero-order valence-electron chi connectivity index (χ0n) is 13.2. The van der Waals surface area contributed by atoms with Gasteiger partial charge in [0.05, 0.1) is 6.26 Å². The molecule has 1 aromatic rings. The molecule has 0 radical (unpaired) electrons. The van der Waals surface area contributed by atoms with Gasteiger partial charge in [-0.05, 0) is 50.0 Å². The maximum absolute atomic E-state index is 12.1. The first-order valence-corrected chi connectivity index (χ1v) is 7.24. The number of benzene rings is 1. The van der Waals surface area contributed by atoms with Gasteiger partial charge in [-0.15, -0.1) is 0 Å². The Morgan fingerprint density at radius 1 is 1.27 bits per heavy atom. The maximum Gasteiger partial charge on any atom is 0.410 e. The van der Waals surface area contributed by atoms with Gasteiger partial charge in [0, 0.05) is 13.1 Å². The molecule has 1 heterocycles. The van der Waals surface area contributed by atoms with Crippen molar-refractivity contribution in [2.75, 3.05) is 6.54 Å². The highest BCUT2D eigenvalue weighted by Gasteiger charge is 2.25. The molecule has 1 aliphatic heterocycles. The first-order valence-electron chi connectivity index (χ1n) is 7.24. The van der Waals surface area contributed by atoms with Gasteiger partial charge in [0.25, 0.3) is 6.47 Å². The van der Waals surface area contributed by atoms with E-state index in [1.807, 2.05) is 39.0 Å². The minimum Gasteiger partial charge on any atom is -0.444 e. The third-order valence-corrected chi connectivity index (χ3v) is 3.29. The van der Waals surface area contributed by atoms with Gasteiger partial charge in [-0.2, -0.15) is 0 Å².